The van der Waals surface area contributed by atoms with Gasteiger partial charge in [-0.05, 0) is 23.8 Å². The lowest BCUT2D eigenvalue weighted by Gasteiger charge is -2.15. The van der Waals surface area contributed by atoms with Gasteiger partial charge in [-0.15, -0.1) is 0 Å². The minimum absolute atomic E-state index is 0.508. The summed E-state index contributed by atoms with van der Waals surface area (Å²) in [6.45, 7) is 1.71. The van der Waals surface area contributed by atoms with Crippen LogP contribution >= 0.6 is 15.9 Å². The van der Waals surface area contributed by atoms with E-state index >= 15 is 0 Å². The Labute approximate surface area is 103 Å². The Bertz CT molecular complexity index is 356. The standard InChI is InChI=1S/C11H15BrN2O2/c12-8-1-7(2-9(13)3-8)4-14-5-10(15)11(16)6-14/h1-3,10-11,15-16H,4-6,13H2. The van der Waals surface area contributed by atoms with Gasteiger partial charge in [-0.2, -0.15) is 0 Å². The van der Waals surface area contributed by atoms with Crippen molar-refractivity contribution >= 4 is 21.6 Å². The van der Waals surface area contributed by atoms with Crippen molar-refractivity contribution in [3.8, 4) is 0 Å². The number of likely N-dealkylation sites (tertiary alicyclic amines) is 1. The maximum Gasteiger partial charge on any atom is 0.0938 e. The predicted octanol–water partition coefficient (Wildman–Crippen LogP) is 0.569. The zero-order valence-corrected chi connectivity index (χ0v) is 10.4. The molecule has 0 spiro atoms. The molecule has 1 aliphatic rings. The molecule has 0 aromatic heterocycles. The van der Waals surface area contributed by atoms with Gasteiger partial charge in [0.2, 0.25) is 0 Å². The highest BCUT2D eigenvalue weighted by Gasteiger charge is 2.29. The average Bonchev–Trinajstić information content (AvgIpc) is 2.43. The summed E-state index contributed by atoms with van der Waals surface area (Å²) in [5.41, 5.74) is 7.53. The third-order valence-corrected chi connectivity index (χ3v) is 3.18. The summed E-state index contributed by atoms with van der Waals surface area (Å²) in [5, 5.41) is 18.9. The molecule has 88 valence electrons. The lowest BCUT2D eigenvalue weighted by atomic mass is 10.2. The van der Waals surface area contributed by atoms with Crippen molar-refractivity contribution in [3.63, 3.8) is 0 Å². The van der Waals surface area contributed by atoms with Gasteiger partial charge in [0.1, 0.15) is 0 Å². The molecule has 2 unspecified atom stereocenters. The zero-order chi connectivity index (χ0) is 11.7. The van der Waals surface area contributed by atoms with E-state index in [1.54, 1.807) is 0 Å². The van der Waals surface area contributed by atoms with Gasteiger partial charge < -0.3 is 15.9 Å². The number of nitrogens with zero attached hydrogens (tertiary/aromatic N) is 1. The summed E-state index contributed by atoms with van der Waals surface area (Å²) in [7, 11) is 0. The van der Waals surface area contributed by atoms with Crippen LogP contribution in [0.25, 0.3) is 0 Å². The van der Waals surface area contributed by atoms with Crippen LogP contribution in [0.3, 0.4) is 0 Å². The van der Waals surface area contributed by atoms with E-state index in [4.69, 9.17) is 5.73 Å². The number of halogens is 1. The van der Waals surface area contributed by atoms with Crippen LogP contribution in [-0.4, -0.2) is 40.4 Å². The minimum atomic E-state index is -0.635. The van der Waals surface area contributed by atoms with Crippen molar-refractivity contribution in [1.82, 2.24) is 4.90 Å². The van der Waals surface area contributed by atoms with Gasteiger partial charge in [0, 0.05) is 29.8 Å². The largest absolute Gasteiger partial charge is 0.399 e. The molecule has 1 aliphatic heterocycles. The van der Waals surface area contributed by atoms with E-state index in [0.717, 1.165) is 10.0 Å². The summed E-state index contributed by atoms with van der Waals surface area (Å²) >= 11 is 3.39. The van der Waals surface area contributed by atoms with Crippen molar-refractivity contribution < 1.29 is 10.2 Å². The molecular formula is C11H15BrN2O2. The van der Waals surface area contributed by atoms with Gasteiger partial charge in [0.05, 0.1) is 12.2 Å². The van der Waals surface area contributed by atoms with Crippen LogP contribution in [0, 0.1) is 0 Å². The first-order chi connectivity index (χ1) is 7.54. The Hall–Kier alpha value is -0.620. The third-order valence-electron chi connectivity index (χ3n) is 2.72. The first kappa shape index (κ1) is 11.9. The number of β-amino-alcohol motifs (C(OH)–C–C–N with tert-alkyl or cyclic N) is 2. The molecular weight excluding hydrogens is 272 g/mol. The van der Waals surface area contributed by atoms with Gasteiger partial charge in [-0.25, -0.2) is 0 Å². The van der Waals surface area contributed by atoms with Crippen LogP contribution in [-0.2, 0) is 6.54 Å². The topological polar surface area (TPSA) is 69.7 Å². The highest BCUT2D eigenvalue weighted by Crippen LogP contribution is 2.20. The summed E-state index contributed by atoms with van der Waals surface area (Å²) < 4.78 is 0.947. The molecule has 1 aromatic carbocycles. The lowest BCUT2D eigenvalue weighted by Crippen LogP contribution is -2.22. The predicted molar refractivity (Wildman–Crippen MR) is 65.8 cm³/mol. The monoisotopic (exact) mass is 286 g/mol. The molecule has 4 nitrogen and oxygen atoms in total. The number of anilines is 1. The molecule has 0 aliphatic carbocycles. The lowest BCUT2D eigenvalue weighted by molar-refractivity contribution is 0.0572. The molecule has 16 heavy (non-hydrogen) atoms. The second kappa shape index (κ2) is 4.71. The number of aliphatic hydroxyl groups is 2. The van der Waals surface area contributed by atoms with Gasteiger partial charge >= 0.3 is 0 Å². The Morgan fingerprint density at radius 2 is 1.88 bits per heavy atom. The molecule has 0 bridgehead atoms. The van der Waals surface area contributed by atoms with Gasteiger partial charge in [-0.1, -0.05) is 15.9 Å². The Balaban J connectivity index is 2.04. The zero-order valence-electron chi connectivity index (χ0n) is 8.81. The normalized spacial score (nSPS) is 26.2. The van der Waals surface area contributed by atoms with E-state index in [2.05, 4.69) is 15.9 Å². The smallest absolute Gasteiger partial charge is 0.0938 e. The van der Waals surface area contributed by atoms with Crippen molar-refractivity contribution in [3.05, 3.63) is 28.2 Å². The molecule has 1 aromatic rings. The fourth-order valence-electron chi connectivity index (χ4n) is 2.00. The molecule has 2 rings (SSSR count). The van der Waals surface area contributed by atoms with E-state index < -0.39 is 12.2 Å². The van der Waals surface area contributed by atoms with Crippen molar-refractivity contribution in [2.75, 3.05) is 18.8 Å². The molecule has 0 saturated carbocycles. The molecule has 1 fully saturated rings. The Kier molecular flexibility index (Phi) is 3.49. The highest BCUT2D eigenvalue weighted by atomic mass is 79.9. The van der Waals surface area contributed by atoms with E-state index in [0.29, 0.717) is 25.3 Å². The minimum Gasteiger partial charge on any atom is -0.399 e. The first-order valence-corrected chi connectivity index (χ1v) is 5.97. The summed E-state index contributed by atoms with van der Waals surface area (Å²) in [5.74, 6) is 0. The summed E-state index contributed by atoms with van der Waals surface area (Å²) in [6, 6.07) is 5.74. The summed E-state index contributed by atoms with van der Waals surface area (Å²) in [6.07, 6.45) is -1.27. The fourth-order valence-corrected chi connectivity index (χ4v) is 2.56. The van der Waals surface area contributed by atoms with Crippen LogP contribution in [0.5, 0.6) is 0 Å². The van der Waals surface area contributed by atoms with E-state index in [1.807, 2.05) is 23.1 Å². The third kappa shape index (κ3) is 2.74. The van der Waals surface area contributed by atoms with Crippen molar-refractivity contribution in [2.45, 2.75) is 18.8 Å². The number of nitrogen functional groups attached to an aromatic ring is 1. The van der Waals surface area contributed by atoms with Gasteiger partial charge in [0.25, 0.3) is 0 Å². The van der Waals surface area contributed by atoms with Crippen LogP contribution in [0.1, 0.15) is 5.56 Å². The molecule has 1 saturated heterocycles. The van der Waals surface area contributed by atoms with E-state index in [1.165, 1.54) is 0 Å². The molecule has 1 heterocycles. The molecule has 0 radical (unpaired) electrons. The van der Waals surface area contributed by atoms with Crippen molar-refractivity contribution in [1.29, 1.82) is 0 Å². The van der Waals surface area contributed by atoms with Crippen LogP contribution in [0.15, 0.2) is 22.7 Å². The molecule has 0 amide bonds. The Morgan fingerprint density at radius 3 is 2.44 bits per heavy atom. The van der Waals surface area contributed by atoms with Crippen LogP contribution in [0.4, 0.5) is 5.69 Å². The van der Waals surface area contributed by atoms with E-state index in [-0.39, 0.29) is 0 Å². The molecule has 2 atom stereocenters. The number of rotatable bonds is 2. The van der Waals surface area contributed by atoms with Gasteiger partial charge in [0.15, 0.2) is 0 Å². The maximum atomic E-state index is 9.43. The number of benzene rings is 1. The Morgan fingerprint density at radius 1 is 1.25 bits per heavy atom. The van der Waals surface area contributed by atoms with Gasteiger partial charge in [-0.3, -0.25) is 4.90 Å². The second-order valence-corrected chi connectivity index (χ2v) is 5.14. The number of aliphatic hydroxyl groups excluding tert-OH is 2. The SMILES string of the molecule is Nc1cc(Br)cc(CN2CC(O)C(O)C2)c1. The quantitative estimate of drug-likeness (QED) is 0.696. The fraction of sp³-hybridized carbons (Fsp3) is 0.455. The second-order valence-electron chi connectivity index (χ2n) is 4.22. The molecule has 4 N–H and O–H groups in total. The van der Waals surface area contributed by atoms with Crippen molar-refractivity contribution in [2.24, 2.45) is 0 Å². The number of hydrogen-bond donors (Lipinski definition) is 3. The maximum absolute atomic E-state index is 9.43. The van der Waals surface area contributed by atoms with Crippen LogP contribution in [0.2, 0.25) is 0 Å². The number of nitrogens with two attached hydrogens (primary N) is 1. The average molecular weight is 287 g/mol. The number of hydrogen-bond acceptors (Lipinski definition) is 4. The molecule has 5 heteroatoms. The van der Waals surface area contributed by atoms with E-state index in [9.17, 15) is 10.2 Å². The first-order valence-electron chi connectivity index (χ1n) is 5.18. The summed E-state index contributed by atoms with van der Waals surface area (Å²) in [4.78, 5) is 2.01. The highest BCUT2D eigenvalue weighted by molar-refractivity contribution is 9.10. The van der Waals surface area contributed by atoms with Crippen LogP contribution < -0.4 is 5.73 Å².